The number of rotatable bonds is 5. The van der Waals surface area contributed by atoms with E-state index in [9.17, 15) is 4.79 Å². The smallest absolute Gasteiger partial charge is 0.414 e. The van der Waals surface area contributed by atoms with Crippen LogP contribution in [0.4, 0.5) is 27.8 Å². The molecule has 0 saturated carbocycles. The Balaban J connectivity index is 1.48. The van der Waals surface area contributed by atoms with Gasteiger partial charge in [-0.3, -0.25) is 4.90 Å². The number of carbonyl (C=O) groups excluding carboxylic acids is 1. The maximum atomic E-state index is 12.6. The van der Waals surface area contributed by atoms with Gasteiger partial charge >= 0.3 is 6.09 Å². The average Bonchev–Trinajstić information content (AvgIpc) is 3.22. The summed E-state index contributed by atoms with van der Waals surface area (Å²) in [5.41, 5.74) is 11.8. The minimum atomic E-state index is -0.626. The molecule has 9 heteroatoms. The first-order valence-electron chi connectivity index (χ1n) is 12.8. The van der Waals surface area contributed by atoms with E-state index >= 15 is 0 Å². The van der Waals surface area contributed by atoms with Crippen molar-refractivity contribution in [3.8, 4) is 17.0 Å². The highest BCUT2D eigenvalue weighted by Crippen LogP contribution is 2.39. The summed E-state index contributed by atoms with van der Waals surface area (Å²) >= 11 is 0. The van der Waals surface area contributed by atoms with E-state index in [4.69, 9.17) is 20.2 Å². The highest BCUT2D eigenvalue weighted by Gasteiger charge is 2.24. The molecule has 2 aromatic carbocycles. The monoisotopic (exact) mass is 514 g/mol. The molecule has 3 N–H and O–H groups in total. The first-order valence-corrected chi connectivity index (χ1v) is 12.8. The van der Waals surface area contributed by atoms with Gasteiger partial charge < -0.3 is 25.1 Å². The summed E-state index contributed by atoms with van der Waals surface area (Å²) < 4.78 is 13.5. The van der Waals surface area contributed by atoms with E-state index in [1.54, 1.807) is 32.5 Å². The number of ether oxygens (including phenoxy) is 2. The summed E-state index contributed by atoms with van der Waals surface area (Å²) in [5.74, 6) is 0.915. The molecule has 1 aliphatic heterocycles. The molecule has 0 saturated heterocycles. The lowest BCUT2D eigenvalue weighted by Gasteiger charge is -2.26. The second-order valence-corrected chi connectivity index (χ2v) is 10.5. The highest BCUT2D eigenvalue weighted by molar-refractivity contribution is 5.98. The van der Waals surface area contributed by atoms with Gasteiger partial charge in [-0.1, -0.05) is 18.2 Å². The van der Waals surface area contributed by atoms with Crippen LogP contribution in [0, 0.1) is 0 Å². The van der Waals surface area contributed by atoms with Gasteiger partial charge in [-0.25, -0.2) is 14.8 Å². The van der Waals surface area contributed by atoms with Crippen molar-refractivity contribution in [1.82, 2.24) is 14.5 Å². The molecule has 38 heavy (non-hydrogen) atoms. The van der Waals surface area contributed by atoms with E-state index in [2.05, 4.69) is 39.1 Å². The second-order valence-electron chi connectivity index (χ2n) is 10.5. The predicted molar refractivity (Wildman–Crippen MR) is 151 cm³/mol. The second kappa shape index (κ2) is 9.89. The number of nitrogens with one attached hydrogen (secondary N) is 1. The lowest BCUT2D eigenvalue weighted by Crippen LogP contribution is -2.34. The number of carbonyl (C=O) groups is 1. The minimum Gasteiger partial charge on any atom is -0.494 e. The van der Waals surface area contributed by atoms with Crippen LogP contribution in [0.15, 0.2) is 48.7 Å². The summed E-state index contributed by atoms with van der Waals surface area (Å²) in [6.07, 6.45) is 4.62. The molecule has 2 aromatic heterocycles. The van der Waals surface area contributed by atoms with Crippen molar-refractivity contribution in [3.63, 3.8) is 0 Å². The van der Waals surface area contributed by atoms with Crippen molar-refractivity contribution < 1.29 is 14.3 Å². The van der Waals surface area contributed by atoms with Gasteiger partial charge in [0.15, 0.2) is 0 Å². The Kier molecular flexibility index (Phi) is 6.60. The van der Waals surface area contributed by atoms with Gasteiger partial charge in [-0.05, 0) is 58.2 Å². The maximum Gasteiger partial charge on any atom is 0.414 e. The molecule has 0 atom stereocenters. The third-order valence-corrected chi connectivity index (χ3v) is 6.66. The molecule has 198 valence electrons. The number of para-hydroxylation sites is 1. The lowest BCUT2D eigenvalue weighted by atomic mass is 10.0. The third-order valence-electron chi connectivity index (χ3n) is 6.66. The number of methoxy groups -OCH3 is 1. The number of benzene rings is 2. The van der Waals surface area contributed by atoms with Crippen LogP contribution in [0.1, 0.15) is 39.3 Å². The molecular weight excluding hydrogens is 480 g/mol. The molecule has 0 fully saturated rings. The van der Waals surface area contributed by atoms with Crippen molar-refractivity contribution in [2.75, 3.05) is 30.1 Å². The number of nitrogens with zero attached hydrogens (tertiary/aromatic N) is 4. The fourth-order valence-corrected chi connectivity index (χ4v) is 4.97. The molecule has 4 aromatic rings. The Morgan fingerprint density at radius 3 is 2.71 bits per heavy atom. The van der Waals surface area contributed by atoms with E-state index in [1.165, 1.54) is 34.3 Å². The summed E-state index contributed by atoms with van der Waals surface area (Å²) in [4.78, 5) is 23.3. The van der Waals surface area contributed by atoms with Gasteiger partial charge in [0.1, 0.15) is 11.4 Å². The van der Waals surface area contributed by atoms with Crippen LogP contribution in [0.5, 0.6) is 5.75 Å². The van der Waals surface area contributed by atoms with Crippen LogP contribution in [-0.4, -0.2) is 40.4 Å². The van der Waals surface area contributed by atoms with E-state index in [1.807, 2.05) is 26.8 Å². The Morgan fingerprint density at radius 1 is 1.16 bits per heavy atom. The van der Waals surface area contributed by atoms with Crippen molar-refractivity contribution in [2.24, 2.45) is 0 Å². The molecule has 1 aliphatic rings. The zero-order valence-electron chi connectivity index (χ0n) is 22.5. The van der Waals surface area contributed by atoms with Gasteiger partial charge in [-0.2, -0.15) is 0 Å². The number of aromatic nitrogens is 3. The summed E-state index contributed by atoms with van der Waals surface area (Å²) in [5, 5.41) is 4.46. The molecule has 0 aliphatic carbocycles. The normalized spacial score (nSPS) is 13.2. The van der Waals surface area contributed by atoms with E-state index in [-0.39, 0.29) is 0 Å². The van der Waals surface area contributed by atoms with E-state index < -0.39 is 11.7 Å². The molecular formula is C29H34N6O3. The molecule has 0 radical (unpaired) electrons. The standard InChI is InChI=1S/C29H34N6O3/c1-29(2,3)38-28(36)34(4)24-17-25(37-5)21(16-19(24)30)33-27-31-14-13-20(32-27)26-18-10-6-7-11-22(18)35-15-9-8-12-23(26)35/h6-7,10-11,13-14,16-17H,8-9,12,15,30H2,1-5H3,(H,31,32,33). The number of hydrogen-bond donors (Lipinski definition) is 2. The average molecular weight is 515 g/mol. The number of amides is 1. The van der Waals surface area contributed by atoms with Crippen molar-refractivity contribution in [1.29, 1.82) is 0 Å². The van der Waals surface area contributed by atoms with Crippen LogP contribution in [0.2, 0.25) is 0 Å². The SMILES string of the molecule is COc1cc(N(C)C(=O)OC(C)(C)C)c(N)cc1Nc1nccc(-c2c3n(c4ccccc24)CCCC3)n1. The molecule has 3 heterocycles. The summed E-state index contributed by atoms with van der Waals surface area (Å²) in [7, 11) is 3.17. The van der Waals surface area contributed by atoms with Gasteiger partial charge in [0, 0.05) is 48.0 Å². The van der Waals surface area contributed by atoms with Crippen LogP contribution in [0.25, 0.3) is 22.2 Å². The van der Waals surface area contributed by atoms with Gasteiger partial charge in [0.05, 0.1) is 29.9 Å². The maximum absolute atomic E-state index is 12.6. The molecule has 1 amide bonds. The number of nitrogen functional groups attached to an aromatic ring is 1. The fourth-order valence-electron chi connectivity index (χ4n) is 4.97. The van der Waals surface area contributed by atoms with Gasteiger partial charge in [0.25, 0.3) is 0 Å². The molecule has 9 nitrogen and oxygen atoms in total. The van der Waals surface area contributed by atoms with Crippen molar-refractivity contribution in [2.45, 2.75) is 52.2 Å². The van der Waals surface area contributed by atoms with Crippen molar-refractivity contribution in [3.05, 3.63) is 54.4 Å². The quantitative estimate of drug-likeness (QED) is 0.308. The lowest BCUT2D eigenvalue weighted by molar-refractivity contribution is 0.0589. The number of fused-ring (bicyclic) bond motifs is 3. The van der Waals surface area contributed by atoms with Crippen LogP contribution in [-0.2, 0) is 17.7 Å². The van der Waals surface area contributed by atoms with E-state index in [0.29, 0.717) is 28.8 Å². The minimum absolute atomic E-state index is 0.380. The number of anilines is 4. The number of aryl methyl sites for hydroxylation is 1. The molecule has 0 unspecified atom stereocenters. The molecule has 5 rings (SSSR count). The summed E-state index contributed by atoms with van der Waals surface area (Å²) in [6, 6.07) is 13.9. The zero-order chi connectivity index (χ0) is 27.0. The Bertz CT molecular complexity index is 1500. The Hall–Kier alpha value is -4.27. The Labute approximate surface area is 222 Å². The highest BCUT2D eigenvalue weighted by atomic mass is 16.6. The Morgan fingerprint density at radius 2 is 1.95 bits per heavy atom. The summed E-state index contributed by atoms with van der Waals surface area (Å²) in [6.45, 7) is 6.47. The van der Waals surface area contributed by atoms with Gasteiger partial charge in [0.2, 0.25) is 5.95 Å². The fraction of sp³-hybridized carbons (Fsp3) is 0.345. The molecule has 0 spiro atoms. The van der Waals surface area contributed by atoms with E-state index in [0.717, 1.165) is 24.2 Å². The van der Waals surface area contributed by atoms with Crippen LogP contribution >= 0.6 is 0 Å². The predicted octanol–water partition coefficient (Wildman–Crippen LogP) is 6.14. The third kappa shape index (κ3) is 4.83. The zero-order valence-corrected chi connectivity index (χ0v) is 22.5. The van der Waals surface area contributed by atoms with Gasteiger partial charge in [-0.15, -0.1) is 0 Å². The first kappa shape index (κ1) is 25.4. The first-order chi connectivity index (χ1) is 18.2. The molecule has 0 bridgehead atoms. The number of hydrogen-bond acceptors (Lipinski definition) is 7. The number of nitrogens with two attached hydrogens (primary N) is 1. The topological polar surface area (TPSA) is 108 Å². The largest absolute Gasteiger partial charge is 0.494 e. The van der Waals surface area contributed by atoms with Crippen LogP contribution < -0.4 is 20.7 Å². The van der Waals surface area contributed by atoms with Crippen LogP contribution in [0.3, 0.4) is 0 Å². The van der Waals surface area contributed by atoms with Crippen molar-refractivity contribution >= 4 is 40.0 Å².